The molecule has 0 fully saturated rings. The summed E-state index contributed by atoms with van der Waals surface area (Å²) in [7, 11) is 3.10. The first-order valence-electron chi connectivity index (χ1n) is 9.61. The van der Waals surface area contributed by atoms with Crippen LogP contribution in [0.2, 0.25) is 0 Å². The van der Waals surface area contributed by atoms with E-state index in [-0.39, 0.29) is 11.8 Å². The van der Waals surface area contributed by atoms with E-state index >= 15 is 0 Å². The smallest absolute Gasteiger partial charge is 0.259 e. The Labute approximate surface area is 175 Å². The van der Waals surface area contributed by atoms with Crippen molar-refractivity contribution >= 4 is 23.2 Å². The maximum Gasteiger partial charge on any atom is 0.259 e. The minimum Gasteiger partial charge on any atom is -0.497 e. The van der Waals surface area contributed by atoms with Crippen LogP contribution >= 0.6 is 0 Å². The van der Waals surface area contributed by atoms with Crippen molar-refractivity contribution in [2.45, 2.75) is 12.5 Å². The molecule has 0 saturated heterocycles. The molecule has 1 atom stereocenters. The summed E-state index contributed by atoms with van der Waals surface area (Å²) in [6.45, 7) is 0. The maximum absolute atomic E-state index is 13.3. The van der Waals surface area contributed by atoms with Gasteiger partial charge in [0, 0.05) is 41.6 Å². The molecule has 1 heterocycles. The van der Waals surface area contributed by atoms with E-state index in [2.05, 4.69) is 5.32 Å². The number of carbonyl (C=O) groups excluding carboxylic acids is 2. The van der Waals surface area contributed by atoms with Gasteiger partial charge >= 0.3 is 0 Å². The number of nitrogens with zero attached hydrogens (tertiary/aromatic N) is 1. The molecule has 30 heavy (non-hydrogen) atoms. The first-order valence-corrected chi connectivity index (χ1v) is 9.61. The molecule has 3 aromatic carbocycles. The number of carbonyl (C=O) groups is 2. The monoisotopic (exact) mass is 402 g/mol. The number of ether oxygens (including phenoxy) is 2. The standard InChI is InChI=1S/C24H22N2O4/c1-29-19-13-18(14-20(15-19)30-2)25-23(27)22-12-17-10-6-7-11-21(17)26(22)24(28)16-8-4-3-5-9-16/h3-11,13-15,22H,12H2,1-2H3,(H,25,27)/t22-/m0/s1. The van der Waals surface area contributed by atoms with Crippen LogP contribution in [0.25, 0.3) is 0 Å². The molecule has 0 spiro atoms. The third kappa shape index (κ3) is 3.72. The van der Waals surface area contributed by atoms with Crippen molar-refractivity contribution in [1.82, 2.24) is 0 Å². The van der Waals surface area contributed by atoms with Crippen LogP contribution in [0.4, 0.5) is 11.4 Å². The maximum atomic E-state index is 13.3. The van der Waals surface area contributed by atoms with Crippen molar-refractivity contribution < 1.29 is 19.1 Å². The van der Waals surface area contributed by atoms with E-state index in [1.807, 2.05) is 42.5 Å². The summed E-state index contributed by atoms with van der Waals surface area (Å²) in [5.41, 5.74) is 2.80. The van der Waals surface area contributed by atoms with Gasteiger partial charge in [0.1, 0.15) is 17.5 Å². The van der Waals surface area contributed by atoms with Gasteiger partial charge in [0.05, 0.1) is 14.2 Å². The van der Waals surface area contributed by atoms with Gasteiger partial charge in [-0.2, -0.15) is 0 Å². The number of benzene rings is 3. The number of hydrogen-bond acceptors (Lipinski definition) is 4. The molecule has 2 amide bonds. The number of methoxy groups -OCH3 is 2. The van der Waals surface area contributed by atoms with Crippen LogP contribution < -0.4 is 19.7 Å². The van der Waals surface area contributed by atoms with Gasteiger partial charge < -0.3 is 14.8 Å². The van der Waals surface area contributed by atoms with E-state index in [0.717, 1.165) is 11.3 Å². The van der Waals surface area contributed by atoms with Crippen LogP contribution in [0.15, 0.2) is 72.8 Å². The molecule has 6 heteroatoms. The number of fused-ring (bicyclic) bond motifs is 1. The Hall–Kier alpha value is -3.80. The molecule has 0 saturated carbocycles. The summed E-state index contributed by atoms with van der Waals surface area (Å²) in [5, 5.41) is 2.91. The van der Waals surface area contributed by atoms with Crippen molar-refractivity contribution in [3.05, 3.63) is 83.9 Å². The van der Waals surface area contributed by atoms with E-state index in [1.54, 1.807) is 49.5 Å². The van der Waals surface area contributed by atoms with Crippen molar-refractivity contribution in [3.63, 3.8) is 0 Å². The van der Waals surface area contributed by atoms with Gasteiger partial charge in [-0.15, -0.1) is 0 Å². The normalized spacial score (nSPS) is 14.7. The largest absolute Gasteiger partial charge is 0.497 e. The Kier molecular flexibility index (Phi) is 5.39. The number of amides is 2. The second-order valence-electron chi connectivity index (χ2n) is 6.98. The van der Waals surface area contributed by atoms with Gasteiger partial charge in [0.2, 0.25) is 5.91 Å². The van der Waals surface area contributed by atoms with Crippen molar-refractivity contribution in [1.29, 1.82) is 0 Å². The van der Waals surface area contributed by atoms with Crippen molar-refractivity contribution in [3.8, 4) is 11.5 Å². The first-order chi connectivity index (χ1) is 14.6. The molecule has 4 rings (SSSR count). The zero-order valence-electron chi connectivity index (χ0n) is 16.8. The number of nitrogens with one attached hydrogen (secondary N) is 1. The summed E-state index contributed by atoms with van der Waals surface area (Å²) in [4.78, 5) is 28.1. The topological polar surface area (TPSA) is 67.9 Å². The lowest BCUT2D eigenvalue weighted by Crippen LogP contribution is -2.45. The second-order valence-corrected chi connectivity index (χ2v) is 6.98. The second kappa shape index (κ2) is 8.29. The third-order valence-electron chi connectivity index (χ3n) is 5.14. The summed E-state index contributed by atoms with van der Waals surface area (Å²) in [6, 6.07) is 21.1. The molecule has 0 bridgehead atoms. The molecule has 3 aromatic rings. The average Bonchev–Trinajstić information content (AvgIpc) is 3.18. The lowest BCUT2D eigenvalue weighted by molar-refractivity contribution is -0.117. The molecule has 1 aliphatic rings. The molecular formula is C24H22N2O4. The fraction of sp³-hybridized carbons (Fsp3) is 0.167. The fourth-order valence-corrected chi connectivity index (χ4v) is 3.67. The molecule has 0 aromatic heterocycles. The Bertz CT molecular complexity index is 1060. The van der Waals surface area contributed by atoms with E-state index in [1.165, 1.54) is 0 Å². The molecule has 152 valence electrons. The van der Waals surface area contributed by atoms with Crippen LogP contribution in [0.1, 0.15) is 15.9 Å². The average molecular weight is 402 g/mol. The van der Waals surface area contributed by atoms with Gasteiger partial charge in [-0.25, -0.2) is 0 Å². The summed E-state index contributed by atoms with van der Waals surface area (Å²) >= 11 is 0. The Morgan fingerprint density at radius 3 is 2.20 bits per heavy atom. The van der Waals surface area contributed by atoms with Crippen molar-refractivity contribution in [2.24, 2.45) is 0 Å². The predicted octanol–water partition coefficient (Wildman–Crippen LogP) is 3.91. The van der Waals surface area contributed by atoms with Gasteiger partial charge in [-0.1, -0.05) is 36.4 Å². The number of rotatable bonds is 5. The molecular weight excluding hydrogens is 380 g/mol. The summed E-state index contributed by atoms with van der Waals surface area (Å²) < 4.78 is 10.6. The van der Waals surface area contributed by atoms with Crippen LogP contribution in [-0.4, -0.2) is 32.1 Å². The molecule has 6 nitrogen and oxygen atoms in total. The molecule has 0 radical (unpaired) electrons. The Morgan fingerprint density at radius 1 is 0.900 bits per heavy atom. The number of hydrogen-bond donors (Lipinski definition) is 1. The van der Waals surface area contributed by atoms with Gasteiger partial charge in [-0.3, -0.25) is 14.5 Å². The lowest BCUT2D eigenvalue weighted by Gasteiger charge is -2.25. The third-order valence-corrected chi connectivity index (χ3v) is 5.14. The van der Waals surface area contributed by atoms with Gasteiger partial charge in [-0.05, 0) is 23.8 Å². The fourth-order valence-electron chi connectivity index (χ4n) is 3.67. The van der Waals surface area contributed by atoms with E-state index in [9.17, 15) is 9.59 Å². The van der Waals surface area contributed by atoms with E-state index in [4.69, 9.17) is 9.47 Å². The molecule has 1 N–H and O–H groups in total. The van der Waals surface area contributed by atoms with Crippen LogP contribution in [-0.2, 0) is 11.2 Å². The minimum atomic E-state index is -0.660. The molecule has 0 aliphatic carbocycles. The number of para-hydroxylation sites is 1. The summed E-state index contributed by atoms with van der Waals surface area (Å²) in [6.07, 6.45) is 0.446. The quantitative estimate of drug-likeness (QED) is 0.703. The predicted molar refractivity (Wildman–Crippen MR) is 115 cm³/mol. The highest BCUT2D eigenvalue weighted by Gasteiger charge is 2.38. The number of anilines is 2. The zero-order chi connectivity index (χ0) is 21.1. The first kappa shape index (κ1) is 19.5. The highest BCUT2D eigenvalue weighted by atomic mass is 16.5. The zero-order valence-corrected chi connectivity index (χ0v) is 16.8. The summed E-state index contributed by atoms with van der Waals surface area (Å²) in [5.74, 6) is 0.655. The van der Waals surface area contributed by atoms with Gasteiger partial charge in [0.15, 0.2) is 0 Å². The SMILES string of the molecule is COc1cc(NC(=O)[C@@H]2Cc3ccccc3N2C(=O)c2ccccc2)cc(OC)c1. The van der Waals surface area contributed by atoms with Crippen LogP contribution in [0.5, 0.6) is 11.5 Å². The van der Waals surface area contributed by atoms with Crippen LogP contribution in [0.3, 0.4) is 0 Å². The van der Waals surface area contributed by atoms with Crippen molar-refractivity contribution in [2.75, 3.05) is 24.4 Å². The Morgan fingerprint density at radius 2 is 1.53 bits per heavy atom. The highest BCUT2D eigenvalue weighted by Crippen LogP contribution is 2.34. The Balaban J connectivity index is 1.65. The van der Waals surface area contributed by atoms with Gasteiger partial charge in [0.25, 0.3) is 5.91 Å². The minimum absolute atomic E-state index is 0.205. The molecule has 0 unspecified atom stereocenters. The van der Waals surface area contributed by atoms with Crippen LogP contribution in [0, 0.1) is 0 Å². The van der Waals surface area contributed by atoms with E-state index in [0.29, 0.717) is 29.2 Å². The lowest BCUT2D eigenvalue weighted by atomic mass is 10.1. The highest BCUT2D eigenvalue weighted by molar-refractivity contribution is 6.13. The van der Waals surface area contributed by atoms with E-state index < -0.39 is 6.04 Å². The molecule has 1 aliphatic heterocycles.